The Morgan fingerprint density at radius 3 is 2.75 bits per heavy atom. The molecule has 0 spiro atoms. The molecule has 0 saturated carbocycles. The molecule has 20 heavy (non-hydrogen) atoms. The van der Waals surface area contributed by atoms with E-state index >= 15 is 0 Å². The fourth-order valence-corrected chi connectivity index (χ4v) is 2.36. The van der Waals surface area contributed by atoms with E-state index in [-0.39, 0.29) is 12.2 Å². The number of nitrogens with zero attached hydrogens (tertiary/aromatic N) is 2. The quantitative estimate of drug-likeness (QED) is 0.794. The third-order valence-corrected chi connectivity index (χ3v) is 3.68. The zero-order chi connectivity index (χ0) is 14.7. The maximum absolute atomic E-state index is 12.4. The summed E-state index contributed by atoms with van der Waals surface area (Å²) in [5.74, 6) is 0.548. The average molecular weight is 293 g/mol. The van der Waals surface area contributed by atoms with E-state index < -0.39 is 0 Å². The monoisotopic (exact) mass is 292 g/mol. The summed E-state index contributed by atoms with van der Waals surface area (Å²) in [6, 6.07) is 7.19. The first-order chi connectivity index (χ1) is 9.58. The fourth-order valence-electron chi connectivity index (χ4n) is 2.16. The minimum Gasteiger partial charge on any atom is -0.496 e. The van der Waals surface area contributed by atoms with Crippen molar-refractivity contribution in [2.45, 2.75) is 26.8 Å². The minimum atomic E-state index is -0.0287. The van der Waals surface area contributed by atoms with Gasteiger partial charge in [-0.15, -0.1) is 0 Å². The van der Waals surface area contributed by atoms with Crippen LogP contribution in [0.4, 0.5) is 0 Å². The largest absolute Gasteiger partial charge is 0.496 e. The molecule has 106 valence electrons. The summed E-state index contributed by atoms with van der Waals surface area (Å²) >= 11 is 6.23. The number of halogens is 1. The zero-order valence-corrected chi connectivity index (χ0v) is 12.6. The molecule has 0 saturated heterocycles. The first-order valence-corrected chi connectivity index (χ1v) is 6.84. The summed E-state index contributed by atoms with van der Waals surface area (Å²) < 4.78 is 6.99. The van der Waals surface area contributed by atoms with E-state index in [1.165, 1.54) is 0 Å². The van der Waals surface area contributed by atoms with Gasteiger partial charge in [0.05, 0.1) is 35.5 Å². The second-order valence-electron chi connectivity index (χ2n) is 4.46. The predicted octanol–water partition coefficient (Wildman–Crippen LogP) is 3.30. The lowest BCUT2D eigenvalue weighted by molar-refractivity contribution is 0.0987. The van der Waals surface area contributed by atoms with Crippen LogP contribution in [0, 0.1) is 6.92 Å². The Kier molecular flexibility index (Phi) is 4.45. The second-order valence-corrected chi connectivity index (χ2v) is 4.84. The molecule has 1 aromatic carbocycles. The highest BCUT2D eigenvalue weighted by Gasteiger charge is 2.19. The van der Waals surface area contributed by atoms with Crippen LogP contribution in [0.25, 0.3) is 0 Å². The van der Waals surface area contributed by atoms with Gasteiger partial charge in [-0.3, -0.25) is 9.48 Å². The number of ketones is 1. The Morgan fingerprint density at radius 2 is 2.10 bits per heavy atom. The highest BCUT2D eigenvalue weighted by Crippen LogP contribution is 2.24. The topological polar surface area (TPSA) is 44.1 Å². The van der Waals surface area contributed by atoms with Crippen LogP contribution in [0.3, 0.4) is 0 Å². The van der Waals surface area contributed by atoms with Crippen molar-refractivity contribution in [3.8, 4) is 5.75 Å². The van der Waals surface area contributed by atoms with E-state index in [2.05, 4.69) is 5.10 Å². The molecule has 0 N–H and O–H groups in total. The SMILES string of the molecule is CCn1nc(C)c(Cl)c1CC(=O)c1ccccc1OC. The third kappa shape index (κ3) is 2.70. The van der Waals surface area contributed by atoms with Gasteiger partial charge in [0.15, 0.2) is 5.78 Å². The van der Waals surface area contributed by atoms with E-state index in [1.54, 1.807) is 23.9 Å². The third-order valence-electron chi connectivity index (χ3n) is 3.19. The van der Waals surface area contributed by atoms with Crippen LogP contribution in [0.5, 0.6) is 5.75 Å². The van der Waals surface area contributed by atoms with E-state index in [1.807, 2.05) is 26.0 Å². The second kappa shape index (κ2) is 6.09. The molecule has 2 rings (SSSR count). The summed E-state index contributed by atoms with van der Waals surface area (Å²) in [7, 11) is 1.56. The van der Waals surface area contributed by atoms with Gasteiger partial charge in [-0.05, 0) is 26.0 Å². The van der Waals surface area contributed by atoms with Crippen molar-refractivity contribution in [2.24, 2.45) is 0 Å². The number of Topliss-reactive ketones (excluding diaryl/α,β-unsaturated/α-hetero) is 1. The van der Waals surface area contributed by atoms with Crippen LogP contribution < -0.4 is 4.74 Å². The Morgan fingerprint density at radius 1 is 1.40 bits per heavy atom. The lowest BCUT2D eigenvalue weighted by Gasteiger charge is -2.08. The van der Waals surface area contributed by atoms with Gasteiger partial charge < -0.3 is 4.74 Å². The number of methoxy groups -OCH3 is 1. The van der Waals surface area contributed by atoms with Crippen molar-refractivity contribution in [3.63, 3.8) is 0 Å². The number of hydrogen-bond acceptors (Lipinski definition) is 3. The van der Waals surface area contributed by atoms with Crippen molar-refractivity contribution in [1.29, 1.82) is 0 Å². The fraction of sp³-hybridized carbons (Fsp3) is 0.333. The molecule has 0 unspecified atom stereocenters. The van der Waals surface area contributed by atoms with Gasteiger partial charge in [-0.2, -0.15) is 5.10 Å². The molecule has 0 bridgehead atoms. The molecule has 0 radical (unpaired) electrons. The molecule has 0 amide bonds. The minimum absolute atomic E-state index is 0.0287. The van der Waals surface area contributed by atoms with Crippen molar-refractivity contribution in [2.75, 3.05) is 7.11 Å². The molecular weight excluding hydrogens is 276 g/mol. The van der Waals surface area contributed by atoms with Crippen molar-refractivity contribution in [3.05, 3.63) is 46.2 Å². The van der Waals surface area contributed by atoms with Gasteiger partial charge in [-0.25, -0.2) is 0 Å². The molecule has 0 aliphatic rings. The van der Waals surface area contributed by atoms with Gasteiger partial charge in [0.2, 0.25) is 0 Å². The lowest BCUT2D eigenvalue weighted by atomic mass is 10.1. The van der Waals surface area contributed by atoms with Crippen LogP contribution in [-0.4, -0.2) is 22.7 Å². The van der Waals surface area contributed by atoms with Gasteiger partial charge in [-0.1, -0.05) is 23.7 Å². The molecule has 0 fully saturated rings. The van der Waals surface area contributed by atoms with Gasteiger partial charge >= 0.3 is 0 Å². The number of aryl methyl sites for hydroxylation is 2. The highest BCUT2D eigenvalue weighted by atomic mass is 35.5. The molecule has 5 heteroatoms. The number of benzene rings is 1. The van der Waals surface area contributed by atoms with Gasteiger partial charge in [0, 0.05) is 6.54 Å². The van der Waals surface area contributed by atoms with Crippen LogP contribution in [-0.2, 0) is 13.0 Å². The summed E-state index contributed by atoms with van der Waals surface area (Å²) in [6.45, 7) is 4.49. The molecule has 1 heterocycles. The number of hydrogen-bond donors (Lipinski definition) is 0. The van der Waals surface area contributed by atoms with Crippen LogP contribution in [0.1, 0.15) is 28.7 Å². The van der Waals surface area contributed by atoms with Gasteiger partial charge in [0.25, 0.3) is 0 Å². The first-order valence-electron chi connectivity index (χ1n) is 6.46. The molecule has 2 aromatic rings. The molecule has 0 aliphatic heterocycles. The number of rotatable bonds is 5. The van der Waals surface area contributed by atoms with Gasteiger partial charge in [0.1, 0.15) is 5.75 Å². The maximum Gasteiger partial charge on any atom is 0.172 e. The number of ether oxygens (including phenoxy) is 1. The number of carbonyl (C=O) groups excluding carboxylic acids is 1. The van der Waals surface area contributed by atoms with Crippen LogP contribution in [0.15, 0.2) is 24.3 Å². The highest BCUT2D eigenvalue weighted by molar-refractivity contribution is 6.32. The lowest BCUT2D eigenvalue weighted by Crippen LogP contribution is -2.11. The summed E-state index contributed by atoms with van der Waals surface area (Å²) in [4.78, 5) is 12.4. The van der Waals surface area contributed by atoms with Crippen LogP contribution >= 0.6 is 11.6 Å². The summed E-state index contributed by atoms with van der Waals surface area (Å²) in [5, 5.41) is 4.88. The summed E-state index contributed by atoms with van der Waals surface area (Å²) in [6.07, 6.45) is 0.216. The Balaban J connectivity index is 2.33. The smallest absolute Gasteiger partial charge is 0.172 e. The predicted molar refractivity (Wildman–Crippen MR) is 78.7 cm³/mol. The Hall–Kier alpha value is -1.81. The van der Waals surface area contributed by atoms with Crippen molar-refractivity contribution >= 4 is 17.4 Å². The normalized spacial score (nSPS) is 10.6. The molecule has 0 atom stereocenters. The Bertz CT molecular complexity index is 635. The number of aromatic nitrogens is 2. The molecule has 4 nitrogen and oxygen atoms in total. The molecule has 0 aliphatic carbocycles. The standard InChI is InChI=1S/C15H17ClN2O2/c1-4-18-12(15(16)10(2)17-18)9-13(19)11-7-5-6-8-14(11)20-3/h5-8H,4,9H2,1-3H3. The number of para-hydroxylation sites is 1. The summed E-state index contributed by atoms with van der Waals surface area (Å²) in [5.41, 5.74) is 2.06. The van der Waals surface area contributed by atoms with E-state index in [9.17, 15) is 4.79 Å². The average Bonchev–Trinajstić information content (AvgIpc) is 2.74. The number of carbonyl (C=O) groups is 1. The van der Waals surface area contributed by atoms with E-state index in [0.717, 1.165) is 11.4 Å². The zero-order valence-electron chi connectivity index (χ0n) is 11.8. The van der Waals surface area contributed by atoms with Crippen molar-refractivity contribution < 1.29 is 9.53 Å². The molecular formula is C15H17ClN2O2. The first kappa shape index (κ1) is 14.6. The Labute approximate surface area is 123 Å². The van der Waals surface area contributed by atoms with Crippen molar-refractivity contribution in [1.82, 2.24) is 9.78 Å². The molecule has 1 aromatic heterocycles. The van der Waals surface area contributed by atoms with E-state index in [0.29, 0.717) is 22.9 Å². The van der Waals surface area contributed by atoms with Crippen LogP contribution in [0.2, 0.25) is 5.02 Å². The van der Waals surface area contributed by atoms with E-state index in [4.69, 9.17) is 16.3 Å². The maximum atomic E-state index is 12.4.